The summed E-state index contributed by atoms with van der Waals surface area (Å²) in [4.78, 5) is 22.2. The number of aromatic nitrogens is 2. The molecule has 0 unspecified atom stereocenters. The van der Waals surface area contributed by atoms with Crippen LogP contribution in [-0.4, -0.2) is 15.8 Å². The molecule has 0 aliphatic carbocycles. The third kappa shape index (κ3) is 3.81. The van der Waals surface area contributed by atoms with E-state index in [1.54, 1.807) is 24.3 Å². The van der Waals surface area contributed by atoms with Crippen LogP contribution in [0, 0.1) is 0 Å². The average molecular weight is 440 g/mol. The van der Waals surface area contributed by atoms with Crippen LogP contribution in [0.1, 0.15) is 15.9 Å². The van der Waals surface area contributed by atoms with E-state index in [-0.39, 0.29) is 16.5 Å². The Morgan fingerprint density at radius 1 is 0.958 bits per heavy atom. The Balaban J connectivity index is 2.10. The van der Waals surface area contributed by atoms with Crippen LogP contribution in [0.25, 0.3) is 0 Å². The molecule has 0 saturated heterocycles. The standard InChI is InChI=1S/C17H9BrCl2N2OS/c18-17-21-15(20)13(14(23)11-8-4-5-9-12(11)19)16(22-17)24-10-6-2-1-3-7-10/h1-9H. The van der Waals surface area contributed by atoms with Crippen LogP contribution in [0.4, 0.5) is 0 Å². The fourth-order valence-corrected chi connectivity index (χ4v) is 4.08. The smallest absolute Gasteiger partial charge is 0.200 e. The number of ketones is 1. The summed E-state index contributed by atoms with van der Waals surface area (Å²) < 4.78 is 0.321. The van der Waals surface area contributed by atoms with E-state index in [9.17, 15) is 4.79 Å². The van der Waals surface area contributed by atoms with Gasteiger partial charge in [0.05, 0.1) is 10.6 Å². The number of halogens is 3. The summed E-state index contributed by atoms with van der Waals surface area (Å²) in [5.74, 6) is -0.309. The summed E-state index contributed by atoms with van der Waals surface area (Å²) >= 11 is 16.9. The van der Waals surface area contributed by atoms with Gasteiger partial charge >= 0.3 is 0 Å². The van der Waals surface area contributed by atoms with E-state index in [0.29, 0.717) is 20.3 Å². The molecule has 0 aliphatic heterocycles. The van der Waals surface area contributed by atoms with E-state index in [1.807, 2.05) is 30.3 Å². The lowest BCUT2D eigenvalue weighted by atomic mass is 10.1. The fraction of sp³-hybridized carbons (Fsp3) is 0. The summed E-state index contributed by atoms with van der Waals surface area (Å²) in [6, 6.07) is 16.4. The number of benzene rings is 2. The quantitative estimate of drug-likeness (QED) is 0.287. The summed E-state index contributed by atoms with van der Waals surface area (Å²) in [5.41, 5.74) is 0.601. The second-order valence-corrected chi connectivity index (χ2v) is 7.22. The van der Waals surface area contributed by atoms with Gasteiger partial charge in [-0.15, -0.1) is 0 Å². The van der Waals surface area contributed by atoms with Crippen molar-refractivity contribution in [3.63, 3.8) is 0 Å². The summed E-state index contributed by atoms with van der Waals surface area (Å²) in [6.45, 7) is 0. The SMILES string of the molecule is O=C(c1ccccc1Cl)c1c(Cl)nc(Br)nc1Sc1ccccc1. The molecule has 3 aromatic rings. The Morgan fingerprint density at radius 3 is 2.33 bits per heavy atom. The highest BCUT2D eigenvalue weighted by atomic mass is 79.9. The van der Waals surface area contributed by atoms with E-state index >= 15 is 0 Å². The van der Waals surface area contributed by atoms with Gasteiger partial charge < -0.3 is 0 Å². The highest BCUT2D eigenvalue weighted by Crippen LogP contribution is 2.34. The van der Waals surface area contributed by atoms with Crippen LogP contribution >= 0.6 is 50.9 Å². The maximum atomic E-state index is 12.9. The molecule has 0 spiro atoms. The zero-order valence-corrected chi connectivity index (χ0v) is 16.0. The number of hydrogen-bond acceptors (Lipinski definition) is 4. The van der Waals surface area contributed by atoms with Crippen LogP contribution in [0.5, 0.6) is 0 Å². The molecule has 0 atom stereocenters. The molecule has 3 nitrogen and oxygen atoms in total. The van der Waals surface area contributed by atoms with Crippen molar-refractivity contribution in [2.45, 2.75) is 9.92 Å². The summed E-state index contributed by atoms with van der Waals surface area (Å²) in [5, 5.41) is 0.912. The second kappa shape index (κ2) is 7.66. The molecule has 7 heteroatoms. The minimum atomic E-state index is -0.309. The molecule has 0 amide bonds. The lowest BCUT2D eigenvalue weighted by Gasteiger charge is -2.10. The van der Waals surface area contributed by atoms with Gasteiger partial charge in [-0.1, -0.05) is 65.3 Å². The molecule has 0 saturated carbocycles. The first-order valence-electron chi connectivity index (χ1n) is 6.81. The van der Waals surface area contributed by atoms with Gasteiger partial charge in [0.1, 0.15) is 10.2 Å². The monoisotopic (exact) mass is 438 g/mol. The van der Waals surface area contributed by atoms with E-state index in [4.69, 9.17) is 23.2 Å². The first kappa shape index (κ1) is 17.4. The number of rotatable bonds is 4. The van der Waals surface area contributed by atoms with Crippen molar-refractivity contribution in [1.82, 2.24) is 9.97 Å². The normalized spacial score (nSPS) is 10.6. The number of carbonyl (C=O) groups is 1. The summed E-state index contributed by atoms with van der Waals surface area (Å²) in [6.07, 6.45) is 0. The van der Waals surface area contributed by atoms with Gasteiger partial charge in [-0.2, -0.15) is 0 Å². The number of carbonyl (C=O) groups excluding carboxylic acids is 1. The molecular weight excluding hydrogens is 431 g/mol. The highest BCUT2D eigenvalue weighted by molar-refractivity contribution is 9.10. The minimum absolute atomic E-state index is 0.0835. The molecule has 2 aromatic carbocycles. The second-order valence-electron chi connectivity index (χ2n) is 4.69. The van der Waals surface area contributed by atoms with Crippen molar-refractivity contribution in [1.29, 1.82) is 0 Å². The third-order valence-electron chi connectivity index (χ3n) is 3.11. The van der Waals surface area contributed by atoms with Gasteiger partial charge in [-0.05, 0) is 40.2 Å². The zero-order chi connectivity index (χ0) is 17.1. The van der Waals surface area contributed by atoms with Crippen molar-refractivity contribution in [3.8, 4) is 0 Å². The van der Waals surface area contributed by atoms with Crippen LogP contribution in [-0.2, 0) is 0 Å². The van der Waals surface area contributed by atoms with E-state index < -0.39 is 0 Å². The van der Waals surface area contributed by atoms with Crippen molar-refractivity contribution < 1.29 is 4.79 Å². The largest absolute Gasteiger partial charge is 0.288 e. The summed E-state index contributed by atoms with van der Waals surface area (Å²) in [7, 11) is 0. The lowest BCUT2D eigenvalue weighted by molar-refractivity contribution is 0.103. The topological polar surface area (TPSA) is 42.9 Å². The van der Waals surface area contributed by atoms with Crippen LogP contribution < -0.4 is 0 Å². The average Bonchev–Trinajstić information content (AvgIpc) is 2.55. The fourth-order valence-electron chi connectivity index (χ4n) is 2.03. The maximum Gasteiger partial charge on any atom is 0.200 e. The van der Waals surface area contributed by atoms with Crippen molar-refractivity contribution in [3.05, 3.63) is 80.6 Å². The molecule has 0 aliphatic rings. The van der Waals surface area contributed by atoms with Gasteiger partial charge in [0.25, 0.3) is 0 Å². The van der Waals surface area contributed by atoms with Crippen molar-refractivity contribution in [2.75, 3.05) is 0 Å². The molecule has 24 heavy (non-hydrogen) atoms. The molecule has 3 rings (SSSR count). The molecule has 1 aromatic heterocycles. The Labute approximate surface area is 161 Å². The van der Waals surface area contributed by atoms with Crippen molar-refractivity contribution in [2.24, 2.45) is 0 Å². The molecule has 0 fully saturated rings. The van der Waals surface area contributed by atoms with Gasteiger partial charge in [0.15, 0.2) is 10.5 Å². The number of hydrogen-bond donors (Lipinski definition) is 0. The molecule has 0 N–H and O–H groups in total. The van der Waals surface area contributed by atoms with E-state index in [0.717, 1.165) is 4.90 Å². The lowest BCUT2D eigenvalue weighted by Crippen LogP contribution is -2.08. The van der Waals surface area contributed by atoms with Crippen LogP contribution in [0.15, 0.2) is 69.3 Å². The zero-order valence-electron chi connectivity index (χ0n) is 12.0. The molecule has 120 valence electrons. The molecule has 1 heterocycles. The van der Waals surface area contributed by atoms with Gasteiger partial charge in [0.2, 0.25) is 0 Å². The third-order valence-corrected chi connectivity index (χ3v) is 5.06. The highest BCUT2D eigenvalue weighted by Gasteiger charge is 2.23. The van der Waals surface area contributed by atoms with Gasteiger partial charge in [0, 0.05) is 10.5 Å². The molecular formula is C17H9BrCl2N2OS. The predicted molar refractivity (Wildman–Crippen MR) is 100 cm³/mol. The van der Waals surface area contributed by atoms with E-state index in [1.165, 1.54) is 11.8 Å². The maximum absolute atomic E-state index is 12.9. The molecule has 0 bridgehead atoms. The van der Waals surface area contributed by atoms with Gasteiger partial charge in [-0.25, -0.2) is 9.97 Å². The Hall–Kier alpha value is -1.40. The van der Waals surface area contributed by atoms with Crippen molar-refractivity contribution >= 4 is 56.7 Å². The van der Waals surface area contributed by atoms with Gasteiger partial charge in [-0.3, -0.25) is 4.79 Å². The molecule has 0 radical (unpaired) electrons. The van der Waals surface area contributed by atoms with Crippen LogP contribution in [0.2, 0.25) is 10.2 Å². The van der Waals surface area contributed by atoms with E-state index in [2.05, 4.69) is 25.9 Å². The Morgan fingerprint density at radius 2 is 1.62 bits per heavy atom. The minimum Gasteiger partial charge on any atom is -0.288 e. The Kier molecular flexibility index (Phi) is 5.56. The Bertz CT molecular complexity index is 906. The first-order chi connectivity index (χ1) is 11.6. The first-order valence-corrected chi connectivity index (χ1v) is 9.18. The predicted octanol–water partition coefficient (Wildman–Crippen LogP) is 5.93. The number of nitrogens with zero attached hydrogens (tertiary/aromatic N) is 2. The van der Waals surface area contributed by atoms with Crippen LogP contribution in [0.3, 0.4) is 0 Å².